The first-order valence-electron chi connectivity index (χ1n) is 12.1. The third-order valence-electron chi connectivity index (χ3n) is 6.57. The first-order valence-corrected chi connectivity index (χ1v) is 12.1. The Morgan fingerprint density at radius 1 is 1.09 bits per heavy atom. The molecule has 3 aliphatic carbocycles. The summed E-state index contributed by atoms with van der Waals surface area (Å²) in [6.45, 7) is 8.30. The second-order valence-corrected chi connectivity index (χ2v) is 8.92. The average molecular weight is 434 g/mol. The summed E-state index contributed by atoms with van der Waals surface area (Å²) in [7, 11) is 0. The predicted octanol–water partition coefficient (Wildman–Crippen LogP) is 8.39. The van der Waals surface area contributed by atoms with Crippen molar-refractivity contribution in [2.75, 3.05) is 0 Å². The van der Waals surface area contributed by atoms with Gasteiger partial charge in [0.2, 0.25) is 0 Å². The van der Waals surface area contributed by atoms with Crippen LogP contribution >= 0.6 is 0 Å². The van der Waals surface area contributed by atoms with Crippen molar-refractivity contribution >= 4 is 5.57 Å². The van der Waals surface area contributed by atoms with Crippen LogP contribution in [-0.2, 0) is 0 Å². The quantitative estimate of drug-likeness (QED) is 0.390. The minimum atomic E-state index is 0.306. The lowest BCUT2D eigenvalue weighted by Crippen LogP contribution is -2.33. The molecule has 0 spiro atoms. The molecule has 0 N–H and O–H groups in total. The summed E-state index contributed by atoms with van der Waals surface area (Å²) in [6, 6.07) is 9.15. The molecule has 0 fully saturated rings. The molecule has 4 rings (SSSR count). The SMILES string of the molecule is C=C/C(=C\C=C\C)N(C1=CC=CCC1)C1C=CC(C2C=C(c3ccc(C)cc3)C=CC2)=CC1. The molecule has 0 saturated carbocycles. The minimum absolute atomic E-state index is 0.306. The molecule has 3 aliphatic rings. The van der Waals surface area contributed by atoms with Crippen molar-refractivity contribution in [2.45, 2.75) is 45.6 Å². The number of hydrogen-bond donors (Lipinski definition) is 0. The number of hydrogen-bond acceptors (Lipinski definition) is 1. The number of allylic oxidation sites excluding steroid dienone is 14. The van der Waals surface area contributed by atoms with Gasteiger partial charge in [-0.1, -0.05) is 97.2 Å². The van der Waals surface area contributed by atoms with E-state index in [-0.39, 0.29) is 0 Å². The summed E-state index contributed by atoms with van der Waals surface area (Å²) in [4.78, 5) is 2.47. The topological polar surface area (TPSA) is 3.24 Å². The van der Waals surface area contributed by atoms with Crippen molar-refractivity contribution < 1.29 is 0 Å². The molecule has 0 radical (unpaired) electrons. The number of benzene rings is 1. The number of aryl methyl sites for hydroxylation is 1. The van der Waals surface area contributed by atoms with Crippen LogP contribution in [0.1, 0.15) is 43.7 Å². The van der Waals surface area contributed by atoms with Crippen LogP contribution in [0.5, 0.6) is 0 Å². The molecule has 33 heavy (non-hydrogen) atoms. The van der Waals surface area contributed by atoms with Crippen molar-refractivity contribution in [2.24, 2.45) is 5.92 Å². The number of rotatable bonds is 7. The predicted molar refractivity (Wildman–Crippen MR) is 143 cm³/mol. The summed E-state index contributed by atoms with van der Waals surface area (Å²) in [5.41, 5.74) is 7.87. The standard InChI is InChI=1S/C32H35N/c1-4-6-13-30(5-2)33(31-14-8-7-9-15-31)32-22-20-27(21-23-32)29-12-10-11-28(24-29)26-18-16-25(3)17-19-26/h4-8,10-11,13-14,16-22,24,29,32H,2,9,12,15,23H2,1,3H3/b6-4+,30-13+. The van der Waals surface area contributed by atoms with E-state index in [0.717, 1.165) is 31.4 Å². The first kappa shape index (κ1) is 22.9. The Kier molecular flexibility index (Phi) is 7.62. The summed E-state index contributed by atoms with van der Waals surface area (Å²) in [6.07, 6.45) is 33.4. The van der Waals surface area contributed by atoms with E-state index in [9.17, 15) is 0 Å². The van der Waals surface area contributed by atoms with E-state index >= 15 is 0 Å². The second-order valence-electron chi connectivity index (χ2n) is 8.92. The van der Waals surface area contributed by atoms with Gasteiger partial charge in [0.15, 0.2) is 0 Å². The zero-order valence-corrected chi connectivity index (χ0v) is 20.0. The van der Waals surface area contributed by atoms with Crippen molar-refractivity contribution in [1.29, 1.82) is 0 Å². The van der Waals surface area contributed by atoms with Gasteiger partial charge in [-0.15, -0.1) is 0 Å². The molecule has 1 aromatic carbocycles. The molecular weight excluding hydrogens is 398 g/mol. The molecule has 0 bridgehead atoms. The Morgan fingerprint density at radius 2 is 1.94 bits per heavy atom. The highest BCUT2D eigenvalue weighted by Gasteiger charge is 2.24. The molecule has 1 nitrogen and oxygen atoms in total. The Balaban J connectivity index is 1.55. The largest absolute Gasteiger partial charge is 0.338 e. The molecule has 168 valence electrons. The molecule has 1 aromatic rings. The summed E-state index contributed by atoms with van der Waals surface area (Å²) >= 11 is 0. The molecule has 2 atom stereocenters. The van der Waals surface area contributed by atoms with E-state index in [1.807, 2.05) is 6.08 Å². The summed E-state index contributed by atoms with van der Waals surface area (Å²) < 4.78 is 0. The smallest absolute Gasteiger partial charge is 0.0556 e. The van der Waals surface area contributed by atoms with Crippen LogP contribution in [0, 0.1) is 12.8 Å². The first-order chi connectivity index (χ1) is 16.2. The Labute approximate surface area is 199 Å². The Bertz CT molecular complexity index is 1100. The zero-order chi connectivity index (χ0) is 23.0. The molecule has 0 heterocycles. The summed E-state index contributed by atoms with van der Waals surface area (Å²) in [5.74, 6) is 0.436. The van der Waals surface area contributed by atoms with Gasteiger partial charge in [-0.3, -0.25) is 0 Å². The van der Waals surface area contributed by atoms with E-state index < -0.39 is 0 Å². The lowest BCUT2D eigenvalue weighted by atomic mass is 9.84. The van der Waals surface area contributed by atoms with Gasteiger partial charge in [0.25, 0.3) is 0 Å². The van der Waals surface area contributed by atoms with Gasteiger partial charge in [-0.05, 0) is 74.5 Å². The highest BCUT2D eigenvalue weighted by molar-refractivity contribution is 5.75. The maximum absolute atomic E-state index is 4.11. The molecule has 1 heteroatoms. The molecule has 0 amide bonds. The van der Waals surface area contributed by atoms with Crippen LogP contribution in [-0.4, -0.2) is 10.9 Å². The Morgan fingerprint density at radius 3 is 2.61 bits per heavy atom. The Hall–Kier alpha value is -3.32. The van der Waals surface area contributed by atoms with E-state index in [0.29, 0.717) is 12.0 Å². The van der Waals surface area contributed by atoms with Gasteiger partial charge in [-0.25, -0.2) is 0 Å². The van der Waals surface area contributed by atoms with Crippen LogP contribution in [0.25, 0.3) is 5.57 Å². The van der Waals surface area contributed by atoms with Gasteiger partial charge in [0.05, 0.1) is 6.04 Å². The fourth-order valence-corrected chi connectivity index (χ4v) is 4.75. The third kappa shape index (κ3) is 5.54. The lowest BCUT2D eigenvalue weighted by Gasteiger charge is -2.36. The second kappa shape index (κ2) is 11.0. The average Bonchev–Trinajstić information content (AvgIpc) is 2.88. The summed E-state index contributed by atoms with van der Waals surface area (Å²) in [5, 5.41) is 0. The van der Waals surface area contributed by atoms with Crippen molar-refractivity contribution in [3.05, 3.63) is 138 Å². The maximum Gasteiger partial charge on any atom is 0.0556 e. The fourth-order valence-electron chi connectivity index (χ4n) is 4.75. The molecule has 0 aliphatic heterocycles. The van der Waals surface area contributed by atoms with Gasteiger partial charge in [0.1, 0.15) is 0 Å². The highest BCUT2D eigenvalue weighted by atomic mass is 15.2. The van der Waals surface area contributed by atoms with Crippen LogP contribution in [0.2, 0.25) is 0 Å². The van der Waals surface area contributed by atoms with Crippen LogP contribution < -0.4 is 0 Å². The van der Waals surface area contributed by atoms with Crippen LogP contribution in [0.3, 0.4) is 0 Å². The fraction of sp³-hybridized carbons (Fsp3) is 0.250. The highest BCUT2D eigenvalue weighted by Crippen LogP contribution is 2.34. The third-order valence-corrected chi connectivity index (χ3v) is 6.57. The van der Waals surface area contributed by atoms with E-state index in [1.54, 1.807) is 0 Å². The van der Waals surface area contributed by atoms with Crippen molar-refractivity contribution in [1.82, 2.24) is 4.90 Å². The van der Waals surface area contributed by atoms with Gasteiger partial charge >= 0.3 is 0 Å². The minimum Gasteiger partial charge on any atom is -0.338 e. The van der Waals surface area contributed by atoms with Gasteiger partial charge < -0.3 is 4.90 Å². The van der Waals surface area contributed by atoms with E-state index in [1.165, 1.54) is 28.0 Å². The molecule has 0 saturated heterocycles. The molecule has 2 unspecified atom stereocenters. The number of nitrogens with zero attached hydrogens (tertiary/aromatic N) is 1. The van der Waals surface area contributed by atoms with Crippen LogP contribution in [0.4, 0.5) is 0 Å². The van der Waals surface area contributed by atoms with Crippen molar-refractivity contribution in [3.8, 4) is 0 Å². The monoisotopic (exact) mass is 433 g/mol. The van der Waals surface area contributed by atoms with Gasteiger partial charge in [0, 0.05) is 17.3 Å². The molecular formula is C32H35N. The lowest BCUT2D eigenvalue weighted by molar-refractivity contribution is 0.357. The zero-order valence-electron chi connectivity index (χ0n) is 20.0. The van der Waals surface area contributed by atoms with E-state index in [2.05, 4.69) is 123 Å². The van der Waals surface area contributed by atoms with Crippen LogP contribution in [0.15, 0.2) is 127 Å². The molecule has 0 aromatic heterocycles. The van der Waals surface area contributed by atoms with E-state index in [4.69, 9.17) is 0 Å². The maximum atomic E-state index is 4.11. The normalized spacial score (nSPS) is 22.7. The van der Waals surface area contributed by atoms with Gasteiger partial charge in [-0.2, -0.15) is 0 Å². The van der Waals surface area contributed by atoms with Crippen molar-refractivity contribution in [3.63, 3.8) is 0 Å².